The van der Waals surface area contributed by atoms with E-state index in [4.69, 9.17) is 4.74 Å². The molecule has 0 bridgehead atoms. The Hall–Kier alpha value is -3.21. The number of benzene rings is 2. The molecule has 41 heavy (non-hydrogen) atoms. The third-order valence-electron chi connectivity index (χ3n) is 8.02. The van der Waals surface area contributed by atoms with Crippen LogP contribution in [0.3, 0.4) is 0 Å². The molecule has 0 aromatic heterocycles. The van der Waals surface area contributed by atoms with Crippen molar-refractivity contribution in [1.82, 2.24) is 4.90 Å². The average Bonchev–Trinajstić information content (AvgIpc) is 3.10. The summed E-state index contributed by atoms with van der Waals surface area (Å²) in [6, 6.07) is 8.57. The van der Waals surface area contributed by atoms with Gasteiger partial charge in [-0.3, -0.25) is 9.59 Å². The van der Waals surface area contributed by atoms with Crippen molar-refractivity contribution in [2.75, 3.05) is 36.4 Å². The molecule has 0 aliphatic carbocycles. The average molecular weight is 582 g/mol. The highest BCUT2D eigenvalue weighted by atomic mass is 19.4. The number of alkyl halides is 5. The molecule has 2 aliphatic rings. The minimum Gasteiger partial charge on any atom is -0.491 e. The van der Waals surface area contributed by atoms with E-state index in [1.807, 2.05) is 32.0 Å². The summed E-state index contributed by atoms with van der Waals surface area (Å²) in [7, 11) is 0. The molecule has 2 atom stereocenters. The number of carbonyl (C=O) groups excluding carboxylic acids is 2. The number of hydrogen-bond acceptors (Lipinski definition) is 4. The maximum absolute atomic E-state index is 14.1. The number of aryl methyl sites for hydroxylation is 2. The first-order valence-corrected chi connectivity index (χ1v) is 13.7. The van der Waals surface area contributed by atoms with E-state index in [2.05, 4.69) is 5.32 Å². The number of nitrogens with one attached hydrogen (secondary N) is 1. The molecular formula is C30H36F5N3O3. The lowest BCUT2D eigenvalue weighted by Gasteiger charge is -2.39. The third kappa shape index (κ3) is 6.50. The van der Waals surface area contributed by atoms with Crippen LogP contribution in [0.15, 0.2) is 36.4 Å². The first-order valence-electron chi connectivity index (χ1n) is 13.7. The molecule has 2 amide bonds. The summed E-state index contributed by atoms with van der Waals surface area (Å²) < 4.78 is 74.5. The Kier molecular flexibility index (Phi) is 8.42. The minimum absolute atomic E-state index is 0.00242. The second kappa shape index (κ2) is 11.2. The molecule has 2 fully saturated rings. The molecule has 2 saturated heterocycles. The summed E-state index contributed by atoms with van der Waals surface area (Å²) in [5.74, 6) is -4.71. The predicted octanol–water partition coefficient (Wildman–Crippen LogP) is 6.45. The quantitative estimate of drug-likeness (QED) is 0.382. The van der Waals surface area contributed by atoms with Gasteiger partial charge in [0.1, 0.15) is 5.75 Å². The summed E-state index contributed by atoms with van der Waals surface area (Å²) in [6.45, 7) is 8.67. The third-order valence-corrected chi connectivity index (χ3v) is 8.02. The van der Waals surface area contributed by atoms with Crippen LogP contribution < -0.4 is 15.0 Å². The Morgan fingerprint density at radius 1 is 1.10 bits per heavy atom. The lowest BCUT2D eigenvalue weighted by Crippen LogP contribution is -2.53. The Labute approximate surface area is 236 Å². The van der Waals surface area contributed by atoms with Gasteiger partial charge in [0, 0.05) is 56.5 Å². The number of ether oxygens (including phenoxy) is 1. The molecule has 4 rings (SSSR count). The number of anilines is 2. The van der Waals surface area contributed by atoms with Crippen LogP contribution in [0.1, 0.15) is 50.3 Å². The van der Waals surface area contributed by atoms with E-state index in [1.165, 1.54) is 6.07 Å². The van der Waals surface area contributed by atoms with Crippen LogP contribution in [0.2, 0.25) is 0 Å². The number of likely N-dealkylation sites (tertiary alicyclic amines) is 1. The van der Waals surface area contributed by atoms with Crippen molar-refractivity contribution in [3.05, 3.63) is 53.1 Å². The molecule has 2 aromatic carbocycles. The standard InChI is InChI=1S/C30H36F5N3O3/c1-18(2)41-24-14-22(30(33,34)35)13-23(15-24)36-27(40)28(16-37-11-9-29(31,32)10-12-37)17-38(26(39)21(28)5)25-19(3)7-6-8-20(25)4/h6-8,13-15,18,21H,9-12,16-17H2,1-5H3,(H,36,40)/t21-,28-/m1/s1. The molecular weight excluding hydrogens is 545 g/mol. The first-order chi connectivity index (χ1) is 19.0. The minimum atomic E-state index is -4.69. The fourth-order valence-electron chi connectivity index (χ4n) is 5.78. The van der Waals surface area contributed by atoms with E-state index >= 15 is 0 Å². The molecule has 0 saturated carbocycles. The topological polar surface area (TPSA) is 61.9 Å². The van der Waals surface area contributed by atoms with Gasteiger partial charge in [-0.2, -0.15) is 13.2 Å². The van der Waals surface area contributed by atoms with Gasteiger partial charge in [0.15, 0.2) is 0 Å². The lowest BCUT2D eigenvalue weighted by molar-refractivity contribution is -0.137. The predicted molar refractivity (Wildman–Crippen MR) is 146 cm³/mol. The molecule has 6 nitrogen and oxygen atoms in total. The smallest absolute Gasteiger partial charge is 0.416 e. The second-order valence-electron chi connectivity index (χ2n) is 11.5. The molecule has 0 radical (unpaired) electrons. The van der Waals surface area contributed by atoms with Gasteiger partial charge in [0.2, 0.25) is 11.8 Å². The van der Waals surface area contributed by atoms with E-state index in [0.29, 0.717) is 5.69 Å². The van der Waals surface area contributed by atoms with E-state index < -0.39 is 41.0 Å². The molecule has 2 aliphatic heterocycles. The lowest BCUT2D eigenvalue weighted by atomic mass is 9.76. The fraction of sp³-hybridized carbons (Fsp3) is 0.533. The van der Waals surface area contributed by atoms with Crippen molar-refractivity contribution in [3.63, 3.8) is 0 Å². The van der Waals surface area contributed by atoms with Crippen molar-refractivity contribution in [3.8, 4) is 5.75 Å². The van der Waals surface area contributed by atoms with Gasteiger partial charge in [-0.1, -0.05) is 25.1 Å². The molecule has 0 spiro atoms. The van der Waals surface area contributed by atoms with Crippen molar-refractivity contribution < 1.29 is 36.3 Å². The monoisotopic (exact) mass is 581 g/mol. The molecule has 2 aromatic rings. The number of carbonyl (C=O) groups is 2. The van der Waals surface area contributed by atoms with Crippen LogP contribution in [-0.4, -0.2) is 54.9 Å². The number of hydrogen-bond donors (Lipinski definition) is 1. The van der Waals surface area contributed by atoms with Crippen molar-refractivity contribution in [2.24, 2.45) is 11.3 Å². The fourth-order valence-corrected chi connectivity index (χ4v) is 5.78. The van der Waals surface area contributed by atoms with Gasteiger partial charge in [-0.05, 0) is 51.0 Å². The summed E-state index contributed by atoms with van der Waals surface area (Å²) >= 11 is 0. The highest BCUT2D eigenvalue weighted by molar-refractivity contribution is 6.08. The van der Waals surface area contributed by atoms with Gasteiger partial charge in [0.05, 0.1) is 23.0 Å². The van der Waals surface area contributed by atoms with Crippen molar-refractivity contribution >= 4 is 23.2 Å². The Morgan fingerprint density at radius 2 is 1.71 bits per heavy atom. The molecule has 0 unspecified atom stereocenters. The van der Waals surface area contributed by atoms with Crippen LogP contribution in [0.25, 0.3) is 0 Å². The van der Waals surface area contributed by atoms with E-state index in [9.17, 15) is 31.5 Å². The maximum atomic E-state index is 14.1. The zero-order valence-corrected chi connectivity index (χ0v) is 23.9. The normalized spacial score (nSPS) is 23.2. The van der Waals surface area contributed by atoms with Gasteiger partial charge in [0.25, 0.3) is 5.92 Å². The Balaban J connectivity index is 1.74. The van der Waals surface area contributed by atoms with E-state index in [1.54, 1.807) is 30.6 Å². The SMILES string of the molecule is Cc1cccc(C)c1N1C[C@@](CN2CCC(F)(F)CC2)(C(=O)Nc2cc(OC(C)C)cc(C(F)(F)F)c2)[C@H](C)C1=O. The van der Waals surface area contributed by atoms with Gasteiger partial charge < -0.3 is 19.9 Å². The zero-order chi connectivity index (χ0) is 30.3. The number of halogens is 5. The van der Waals surface area contributed by atoms with Crippen molar-refractivity contribution in [1.29, 1.82) is 0 Å². The molecule has 11 heteroatoms. The van der Waals surface area contributed by atoms with Gasteiger partial charge in [-0.25, -0.2) is 8.78 Å². The summed E-state index contributed by atoms with van der Waals surface area (Å²) in [5, 5.41) is 2.64. The molecule has 1 N–H and O–H groups in total. The summed E-state index contributed by atoms with van der Waals surface area (Å²) in [6.07, 6.45) is -5.86. The van der Waals surface area contributed by atoms with Crippen LogP contribution >= 0.6 is 0 Å². The van der Waals surface area contributed by atoms with E-state index in [-0.39, 0.29) is 56.4 Å². The Bertz CT molecular complexity index is 1280. The number of rotatable bonds is 7. The summed E-state index contributed by atoms with van der Waals surface area (Å²) in [4.78, 5) is 31.2. The highest BCUT2D eigenvalue weighted by Gasteiger charge is 2.56. The van der Waals surface area contributed by atoms with Gasteiger partial charge in [-0.15, -0.1) is 0 Å². The highest BCUT2D eigenvalue weighted by Crippen LogP contribution is 2.44. The Morgan fingerprint density at radius 3 is 2.27 bits per heavy atom. The van der Waals surface area contributed by atoms with E-state index in [0.717, 1.165) is 23.3 Å². The molecule has 224 valence electrons. The van der Waals surface area contributed by atoms with Crippen LogP contribution in [-0.2, 0) is 15.8 Å². The zero-order valence-electron chi connectivity index (χ0n) is 23.9. The largest absolute Gasteiger partial charge is 0.491 e. The van der Waals surface area contributed by atoms with Crippen LogP contribution in [0.5, 0.6) is 5.75 Å². The van der Waals surface area contributed by atoms with Gasteiger partial charge >= 0.3 is 6.18 Å². The number of piperidine rings is 1. The first kappa shape index (κ1) is 30.7. The number of amides is 2. The number of para-hydroxylation sites is 1. The maximum Gasteiger partial charge on any atom is 0.416 e. The van der Waals surface area contributed by atoms with Crippen molar-refractivity contribution in [2.45, 2.75) is 65.7 Å². The van der Waals surface area contributed by atoms with Crippen LogP contribution in [0.4, 0.5) is 33.3 Å². The second-order valence-corrected chi connectivity index (χ2v) is 11.5. The molecule has 2 heterocycles. The number of nitrogens with zero attached hydrogens (tertiary/aromatic N) is 2. The summed E-state index contributed by atoms with van der Waals surface area (Å²) in [5.41, 5.74) is -0.233. The van der Waals surface area contributed by atoms with Crippen LogP contribution in [0, 0.1) is 25.2 Å².